The van der Waals surface area contributed by atoms with Crippen LogP contribution in [0.2, 0.25) is 0 Å². The molecule has 2 aromatic rings. The average Bonchev–Trinajstić information content (AvgIpc) is 2.91. The van der Waals surface area contributed by atoms with Crippen LogP contribution in [0.25, 0.3) is 0 Å². The molecule has 0 aliphatic carbocycles. The van der Waals surface area contributed by atoms with E-state index in [4.69, 9.17) is 0 Å². The smallest absolute Gasteiger partial charge is 0.252 e. The van der Waals surface area contributed by atoms with Crippen molar-refractivity contribution in [3.63, 3.8) is 0 Å². The molecular weight excluding hydrogens is 294 g/mol. The van der Waals surface area contributed by atoms with Crippen molar-refractivity contribution in [1.82, 2.24) is 5.32 Å². The van der Waals surface area contributed by atoms with Gasteiger partial charge in [-0.1, -0.05) is 12.1 Å². The maximum Gasteiger partial charge on any atom is 0.252 e. The number of hydrogen-bond donors (Lipinski definition) is 1. The van der Waals surface area contributed by atoms with E-state index in [1.54, 1.807) is 35.7 Å². The van der Waals surface area contributed by atoms with Crippen molar-refractivity contribution < 1.29 is 13.2 Å². The lowest BCUT2D eigenvalue weighted by Gasteiger charge is -2.14. The van der Waals surface area contributed by atoms with Gasteiger partial charge in [-0.25, -0.2) is 8.42 Å². The number of carbonyl (C=O) groups is 1. The molecule has 4 nitrogen and oxygen atoms in total. The van der Waals surface area contributed by atoms with Gasteiger partial charge in [0.05, 0.1) is 16.5 Å². The molecule has 1 amide bonds. The molecule has 0 saturated heterocycles. The molecule has 0 fully saturated rings. The van der Waals surface area contributed by atoms with Gasteiger partial charge in [0.1, 0.15) is 0 Å². The number of thiophene rings is 1. The Morgan fingerprint density at radius 1 is 1.20 bits per heavy atom. The van der Waals surface area contributed by atoms with Crippen molar-refractivity contribution in [3.8, 4) is 0 Å². The number of rotatable bonds is 4. The van der Waals surface area contributed by atoms with E-state index in [1.807, 2.05) is 12.3 Å². The summed E-state index contributed by atoms with van der Waals surface area (Å²) in [6.07, 6.45) is 1.17. The molecule has 20 heavy (non-hydrogen) atoms. The van der Waals surface area contributed by atoms with Crippen LogP contribution in [0, 0.1) is 0 Å². The van der Waals surface area contributed by atoms with Gasteiger partial charge in [-0.05, 0) is 36.1 Å². The summed E-state index contributed by atoms with van der Waals surface area (Å²) in [5.74, 6) is -0.133. The summed E-state index contributed by atoms with van der Waals surface area (Å²) in [6, 6.07) is 8.12. The van der Waals surface area contributed by atoms with Crippen LogP contribution in [0.15, 0.2) is 46.0 Å². The van der Waals surface area contributed by atoms with Gasteiger partial charge >= 0.3 is 0 Å². The van der Waals surface area contributed by atoms with Crippen LogP contribution in [-0.2, 0) is 9.84 Å². The summed E-state index contributed by atoms with van der Waals surface area (Å²) in [4.78, 5) is 12.2. The first-order valence-corrected chi connectivity index (χ1v) is 8.84. The Labute approximate surface area is 122 Å². The van der Waals surface area contributed by atoms with Gasteiger partial charge in [-0.15, -0.1) is 0 Å². The number of benzene rings is 1. The first-order chi connectivity index (χ1) is 9.38. The van der Waals surface area contributed by atoms with Crippen molar-refractivity contribution in [3.05, 3.63) is 52.2 Å². The average molecular weight is 309 g/mol. The van der Waals surface area contributed by atoms with Gasteiger partial charge in [0.25, 0.3) is 5.91 Å². The molecule has 0 bridgehead atoms. The Morgan fingerprint density at radius 3 is 2.35 bits per heavy atom. The first kappa shape index (κ1) is 14.7. The SMILES string of the molecule is CC(NC(=O)c1ccsc1)c1ccc(S(C)(=O)=O)cc1. The molecule has 1 aromatic carbocycles. The monoisotopic (exact) mass is 309 g/mol. The van der Waals surface area contributed by atoms with Crippen LogP contribution in [0.5, 0.6) is 0 Å². The van der Waals surface area contributed by atoms with E-state index < -0.39 is 9.84 Å². The molecule has 1 heterocycles. The lowest BCUT2D eigenvalue weighted by atomic mass is 10.1. The zero-order chi connectivity index (χ0) is 14.8. The fourth-order valence-corrected chi connectivity index (χ4v) is 3.03. The fraction of sp³-hybridized carbons (Fsp3) is 0.214. The highest BCUT2D eigenvalue weighted by molar-refractivity contribution is 7.90. The molecule has 0 aliphatic heterocycles. The van der Waals surface area contributed by atoms with E-state index in [0.717, 1.165) is 5.56 Å². The Hall–Kier alpha value is -1.66. The predicted molar refractivity (Wildman–Crippen MR) is 79.8 cm³/mol. The molecule has 6 heteroatoms. The van der Waals surface area contributed by atoms with Gasteiger partial charge in [-0.3, -0.25) is 4.79 Å². The number of amides is 1. The van der Waals surface area contributed by atoms with Crippen molar-refractivity contribution >= 4 is 27.1 Å². The van der Waals surface area contributed by atoms with Gasteiger partial charge in [-0.2, -0.15) is 11.3 Å². The van der Waals surface area contributed by atoms with Gasteiger partial charge < -0.3 is 5.32 Å². The van der Waals surface area contributed by atoms with E-state index >= 15 is 0 Å². The summed E-state index contributed by atoms with van der Waals surface area (Å²) in [5.41, 5.74) is 1.50. The molecule has 0 spiro atoms. The number of nitrogens with one attached hydrogen (secondary N) is 1. The predicted octanol–water partition coefficient (Wildman–Crippen LogP) is 2.64. The van der Waals surface area contributed by atoms with Crippen LogP contribution in [0.3, 0.4) is 0 Å². The van der Waals surface area contributed by atoms with Gasteiger partial charge in [0.15, 0.2) is 9.84 Å². The fourth-order valence-electron chi connectivity index (χ4n) is 1.76. The zero-order valence-corrected chi connectivity index (χ0v) is 12.8. The molecule has 0 aliphatic rings. The first-order valence-electron chi connectivity index (χ1n) is 6.01. The third kappa shape index (κ3) is 3.46. The molecule has 1 N–H and O–H groups in total. The number of carbonyl (C=O) groups excluding carboxylic acids is 1. The number of sulfone groups is 1. The van der Waals surface area contributed by atoms with E-state index in [0.29, 0.717) is 5.56 Å². The Kier molecular flexibility index (Phi) is 4.25. The van der Waals surface area contributed by atoms with E-state index in [9.17, 15) is 13.2 Å². The van der Waals surface area contributed by atoms with Gasteiger partial charge in [0, 0.05) is 11.6 Å². The van der Waals surface area contributed by atoms with Crippen LogP contribution in [0.4, 0.5) is 0 Å². The lowest BCUT2D eigenvalue weighted by Crippen LogP contribution is -2.26. The standard InChI is InChI=1S/C14H15NO3S2/c1-10(15-14(16)12-7-8-19-9-12)11-3-5-13(6-4-11)20(2,17)18/h3-10H,1-2H3,(H,15,16). The van der Waals surface area contributed by atoms with Crippen LogP contribution >= 0.6 is 11.3 Å². The second-order valence-electron chi connectivity index (χ2n) is 4.55. The minimum atomic E-state index is -3.19. The third-order valence-electron chi connectivity index (χ3n) is 2.94. The topological polar surface area (TPSA) is 63.2 Å². The van der Waals surface area contributed by atoms with Crippen molar-refractivity contribution in [2.45, 2.75) is 17.9 Å². The molecule has 2 rings (SSSR count). The van der Waals surface area contributed by atoms with E-state index in [2.05, 4.69) is 5.32 Å². The van der Waals surface area contributed by atoms with E-state index in [-0.39, 0.29) is 16.8 Å². The Balaban J connectivity index is 2.10. The molecule has 0 radical (unpaired) electrons. The zero-order valence-electron chi connectivity index (χ0n) is 11.2. The second kappa shape index (κ2) is 5.76. The third-order valence-corrected chi connectivity index (χ3v) is 4.75. The number of hydrogen-bond acceptors (Lipinski definition) is 4. The molecular formula is C14H15NO3S2. The molecule has 106 valence electrons. The minimum absolute atomic E-state index is 0.133. The molecule has 0 saturated carbocycles. The summed E-state index contributed by atoms with van der Waals surface area (Å²) in [6.45, 7) is 1.86. The molecule has 1 unspecified atom stereocenters. The highest BCUT2D eigenvalue weighted by Crippen LogP contribution is 2.17. The quantitative estimate of drug-likeness (QED) is 0.944. The van der Waals surface area contributed by atoms with Crippen molar-refractivity contribution in [2.24, 2.45) is 0 Å². The highest BCUT2D eigenvalue weighted by Gasteiger charge is 2.13. The lowest BCUT2D eigenvalue weighted by molar-refractivity contribution is 0.0940. The summed E-state index contributed by atoms with van der Waals surface area (Å²) >= 11 is 1.47. The summed E-state index contributed by atoms with van der Waals surface area (Å²) < 4.78 is 22.8. The van der Waals surface area contributed by atoms with Crippen LogP contribution < -0.4 is 5.32 Å². The Bertz CT molecular complexity index is 689. The van der Waals surface area contributed by atoms with Crippen LogP contribution in [-0.4, -0.2) is 20.6 Å². The normalized spacial score (nSPS) is 12.9. The second-order valence-corrected chi connectivity index (χ2v) is 7.34. The summed E-state index contributed by atoms with van der Waals surface area (Å²) in [5, 5.41) is 6.51. The summed E-state index contributed by atoms with van der Waals surface area (Å²) in [7, 11) is -3.19. The minimum Gasteiger partial charge on any atom is -0.345 e. The Morgan fingerprint density at radius 2 is 1.85 bits per heavy atom. The van der Waals surface area contributed by atoms with Gasteiger partial charge in [0.2, 0.25) is 0 Å². The van der Waals surface area contributed by atoms with Crippen molar-refractivity contribution in [1.29, 1.82) is 0 Å². The highest BCUT2D eigenvalue weighted by atomic mass is 32.2. The maximum atomic E-state index is 11.9. The molecule has 1 aromatic heterocycles. The van der Waals surface area contributed by atoms with Crippen molar-refractivity contribution in [2.75, 3.05) is 6.26 Å². The van der Waals surface area contributed by atoms with Crippen LogP contribution in [0.1, 0.15) is 28.9 Å². The largest absolute Gasteiger partial charge is 0.345 e. The van der Waals surface area contributed by atoms with E-state index in [1.165, 1.54) is 17.6 Å². The molecule has 1 atom stereocenters. The maximum absolute atomic E-state index is 11.9.